The molecule has 0 radical (unpaired) electrons. The molecule has 4 aromatic carbocycles. The highest BCUT2D eigenvalue weighted by atomic mass is 14.9. The van der Waals surface area contributed by atoms with E-state index < -0.39 is 0 Å². The Bertz CT molecular complexity index is 1450. The number of hydrogen-bond donors (Lipinski definition) is 1. The highest BCUT2D eigenvalue weighted by Crippen LogP contribution is 2.38. The maximum Gasteiger partial charge on any atom is 0.0496 e. The van der Waals surface area contributed by atoms with Gasteiger partial charge in [0, 0.05) is 50.7 Å². The van der Waals surface area contributed by atoms with Gasteiger partial charge in [-0.1, -0.05) is 42.5 Å². The lowest BCUT2D eigenvalue weighted by molar-refractivity contribution is 1.01. The maximum atomic E-state index is 3.63. The normalized spacial score (nSPS) is 12.2. The molecular formula is C23H16N2. The van der Waals surface area contributed by atoms with Crippen molar-refractivity contribution in [3.8, 4) is 0 Å². The van der Waals surface area contributed by atoms with Crippen LogP contribution in [0.3, 0.4) is 0 Å². The van der Waals surface area contributed by atoms with Crippen LogP contribution in [-0.4, -0.2) is 9.55 Å². The lowest BCUT2D eigenvalue weighted by atomic mass is 10.0. The van der Waals surface area contributed by atoms with E-state index in [2.05, 4.69) is 89.4 Å². The largest absolute Gasteiger partial charge is 0.354 e. The molecule has 2 nitrogen and oxygen atoms in total. The summed E-state index contributed by atoms with van der Waals surface area (Å²) >= 11 is 0. The van der Waals surface area contributed by atoms with E-state index in [4.69, 9.17) is 0 Å². The molecule has 6 aromatic rings. The fraction of sp³-hybridized carbons (Fsp3) is 0.0435. The molecule has 25 heavy (non-hydrogen) atoms. The molecule has 118 valence electrons. The minimum absolute atomic E-state index is 1.20. The van der Waals surface area contributed by atoms with Crippen LogP contribution in [-0.2, 0) is 7.05 Å². The van der Waals surface area contributed by atoms with Gasteiger partial charge in [-0.15, -0.1) is 0 Å². The first-order chi connectivity index (χ1) is 12.3. The summed E-state index contributed by atoms with van der Waals surface area (Å²) in [7, 11) is 2.15. The maximum absolute atomic E-state index is 3.63. The van der Waals surface area contributed by atoms with E-state index in [0.29, 0.717) is 0 Å². The van der Waals surface area contributed by atoms with Crippen molar-refractivity contribution in [3.05, 3.63) is 72.8 Å². The van der Waals surface area contributed by atoms with Crippen LogP contribution in [0.1, 0.15) is 0 Å². The molecule has 0 atom stereocenters. The Morgan fingerprint density at radius 3 is 2.28 bits per heavy atom. The number of aromatic nitrogens is 2. The van der Waals surface area contributed by atoms with Crippen LogP contribution in [0.25, 0.3) is 54.4 Å². The molecule has 0 spiro atoms. The highest BCUT2D eigenvalue weighted by Gasteiger charge is 2.15. The number of nitrogens with one attached hydrogen (secondary N) is 1. The van der Waals surface area contributed by atoms with Crippen molar-refractivity contribution in [2.24, 2.45) is 7.05 Å². The van der Waals surface area contributed by atoms with Gasteiger partial charge in [0.2, 0.25) is 0 Å². The van der Waals surface area contributed by atoms with Gasteiger partial charge in [-0.2, -0.15) is 0 Å². The van der Waals surface area contributed by atoms with Gasteiger partial charge in [0.1, 0.15) is 0 Å². The van der Waals surface area contributed by atoms with Crippen LogP contribution in [0.4, 0.5) is 0 Å². The Kier molecular flexibility index (Phi) is 2.31. The Labute approximate surface area is 144 Å². The van der Waals surface area contributed by atoms with E-state index in [1.165, 1.54) is 54.4 Å². The van der Waals surface area contributed by atoms with E-state index in [-0.39, 0.29) is 0 Å². The van der Waals surface area contributed by atoms with E-state index in [1.807, 2.05) is 0 Å². The molecule has 0 aliphatic rings. The number of H-pyrrole nitrogens is 1. The van der Waals surface area contributed by atoms with E-state index in [0.717, 1.165) is 0 Å². The molecule has 6 rings (SSSR count). The monoisotopic (exact) mass is 320 g/mol. The van der Waals surface area contributed by atoms with E-state index in [9.17, 15) is 0 Å². The fourth-order valence-corrected chi connectivity index (χ4v) is 4.33. The molecule has 0 saturated heterocycles. The van der Waals surface area contributed by atoms with Crippen molar-refractivity contribution in [1.29, 1.82) is 0 Å². The van der Waals surface area contributed by atoms with Crippen molar-refractivity contribution >= 4 is 54.4 Å². The summed E-state index contributed by atoms with van der Waals surface area (Å²) in [4.78, 5) is 3.63. The lowest BCUT2D eigenvalue weighted by Gasteiger charge is -2.00. The second-order valence-electron chi connectivity index (χ2n) is 6.83. The SMILES string of the molecule is Cn1c2ccccc2c2c3c(ccc21)[nH]c1cc2ccccc2cc13. The number of benzene rings is 4. The van der Waals surface area contributed by atoms with Crippen molar-refractivity contribution in [3.63, 3.8) is 0 Å². The standard InChI is InChI=1S/C23H16N2/c1-25-20-9-5-4-8-16(20)23-21(25)11-10-18-22(23)17-12-14-6-2-3-7-15(14)13-19(17)24-18/h2-13,24H,1H3. The summed E-state index contributed by atoms with van der Waals surface area (Å²) < 4.78 is 2.30. The Hall–Kier alpha value is -3.26. The molecule has 1 N–H and O–H groups in total. The first-order valence-electron chi connectivity index (χ1n) is 8.61. The van der Waals surface area contributed by atoms with Crippen LogP contribution < -0.4 is 0 Å². The Morgan fingerprint density at radius 2 is 1.40 bits per heavy atom. The molecule has 0 amide bonds. The number of aryl methyl sites for hydroxylation is 1. The summed E-state index contributed by atoms with van der Waals surface area (Å²) in [6, 6.07) is 26.3. The van der Waals surface area contributed by atoms with Crippen molar-refractivity contribution in [2.45, 2.75) is 0 Å². The number of aromatic amines is 1. The third-order valence-corrected chi connectivity index (χ3v) is 5.50. The van der Waals surface area contributed by atoms with Crippen LogP contribution in [0.15, 0.2) is 72.8 Å². The van der Waals surface area contributed by atoms with Gasteiger partial charge >= 0.3 is 0 Å². The molecule has 0 fully saturated rings. The molecule has 0 unspecified atom stereocenters. The second kappa shape index (κ2) is 4.42. The number of fused-ring (bicyclic) bond motifs is 8. The van der Waals surface area contributed by atoms with Gasteiger partial charge < -0.3 is 9.55 Å². The average molecular weight is 320 g/mol. The summed E-state index contributed by atoms with van der Waals surface area (Å²) in [6.07, 6.45) is 0. The van der Waals surface area contributed by atoms with Crippen molar-refractivity contribution in [2.75, 3.05) is 0 Å². The quantitative estimate of drug-likeness (QED) is 0.348. The third-order valence-electron chi connectivity index (χ3n) is 5.50. The zero-order chi connectivity index (χ0) is 16.5. The zero-order valence-electron chi connectivity index (χ0n) is 13.9. The Morgan fingerprint density at radius 1 is 0.640 bits per heavy atom. The van der Waals surface area contributed by atoms with E-state index >= 15 is 0 Å². The van der Waals surface area contributed by atoms with Gasteiger partial charge in [0.05, 0.1) is 0 Å². The molecule has 0 bridgehead atoms. The van der Waals surface area contributed by atoms with E-state index in [1.54, 1.807) is 0 Å². The first kappa shape index (κ1) is 13.1. The number of hydrogen-bond acceptors (Lipinski definition) is 0. The molecule has 0 aliphatic heterocycles. The topological polar surface area (TPSA) is 20.7 Å². The lowest BCUT2D eigenvalue weighted by Crippen LogP contribution is -1.85. The molecular weight excluding hydrogens is 304 g/mol. The average Bonchev–Trinajstić information content (AvgIpc) is 3.15. The second-order valence-corrected chi connectivity index (χ2v) is 6.83. The predicted octanol–water partition coefficient (Wildman–Crippen LogP) is 6.12. The summed E-state index contributed by atoms with van der Waals surface area (Å²) in [6.45, 7) is 0. The number of rotatable bonds is 0. The molecule has 2 heteroatoms. The minimum atomic E-state index is 1.20. The molecule has 2 heterocycles. The molecule has 0 saturated carbocycles. The van der Waals surface area contributed by atoms with Crippen molar-refractivity contribution in [1.82, 2.24) is 9.55 Å². The van der Waals surface area contributed by atoms with Gasteiger partial charge in [0.25, 0.3) is 0 Å². The summed E-state index contributed by atoms with van der Waals surface area (Å²) in [5.41, 5.74) is 4.96. The van der Waals surface area contributed by atoms with Crippen LogP contribution in [0.2, 0.25) is 0 Å². The number of para-hydroxylation sites is 1. The smallest absolute Gasteiger partial charge is 0.0496 e. The van der Waals surface area contributed by atoms with Gasteiger partial charge in [-0.3, -0.25) is 0 Å². The van der Waals surface area contributed by atoms with Crippen LogP contribution in [0.5, 0.6) is 0 Å². The predicted molar refractivity (Wildman–Crippen MR) is 107 cm³/mol. The van der Waals surface area contributed by atoms with Crippen LogP contribution >= 0.6 is 0 Å². The fourth-order valence-electron chi connectivity index (χ4n) is 4.33. The summed E-state index contributed by atoms with van der Waals surface area (Å²) in [5, 5.41) is 7.85. The highest BCUT2D eigenvalue weighted by molar-refractivity contribution is 6.28. The summed E-state index contributed by atoms with van der Waals surface area (Å²) in [5.74, 6) is 0. The van der Waals surface area contributed by atoms with Gasteiger partial charge in [0.15, 0.2) is 0 Å². The third kappa shape index (κ3) is 1.59. The van der Waals surface area contributed by atoms with Gasteiger partial charge in [-0.25, -0.2) is 0 Å². The number of nitrogens with zero attached hydrogens (tertiary/aromatic N) is 1. The molecule has 2 aromatic heterocycles. The zero-order valence-corrected chi connectivity index (χ0v) is 13.9. The Balaban J connectivity index is 1.94. The van der Waals surface area contributed by atoms with Crippen LogP contribution in [0, 0.1) is 0 Å². The van der Waals surface area contributed by atoms with Gasteiger partial charge in [-0.05, 0) is 41.1 Å². The minimum Gasteiger partial charge on any atom is -0.354 e. The van der Waals surface area contributed by atoms with Crippen molar-refractivity contribution < 1.29 is 0 Å². The first-order valence-corrected chi connectivity index (χ1v) is 8.61. The molecule has 0 aliphatic carbocycles.